The van der Waals surface area contributed by atoms with E-state index in [0.717, 1.165) is 12.1 Å². The third-order valence-electron chi connectivity index (χ3n) is 3.24. The lowest BCUT2D eigenvalue weighted by molar-refractivity contribution is -0.115. The van der Waals surface area contributed by atoms with Gasteiger partial charge in [-0.25, -0.2) is 8.78 Å². The van der Waals surface area contributed by atoms with E-state index in [1.807, 2.05) is 19.0 Å². The molecule has 0 bridgehead atoms. The van der Waals surface area contributed by atoms with Gasteiger partial charge in [-0.1, -0.05) is 6.07 Å². The van der Waals surface area contributed by atoms with Crippen molar-refractivity contribution in [2.45, 2.75) is 6.04 Å². The molecule has 1 fully saturated rings. The van der Waals surface area contributed by atoms with Crippen molar-refractivity contribution in [1.82, 2.24) is 4.90 Å². The Balaban J connectivity index is 2.42. The standard InChI is InChI=1S/C13H14F2N2O/c1-17(2)12(13(6-16)7-18-8-13)9-3-4-10(14)11(15)5-9/h3-5,12H,7-8H2,1-2H3. The van der Waals surface area contributed by atoms with Crippen molar-refractivity contribution in [3.05, 3.63) is 35.4 Å². The van der Waals surface area contributed by atoms with Gasteiger partial charge in [0.25, 0.3) is 0 Å². The Kier molecular flexibility index (Phi) is 3.33. The minimum absolute atomic E-state index is 0.311. The first-order chi connectivity index (χ1) is 8.50. The molecule has 1 aromatic carbocycles. The number of ether oxygens (including phenoxy) is 1. The molecule has 1 aliphatic rings. The van der Waals surface area contributed by atoms with Crippen LogP contribution >= 0.6 is 0 Å². The number of halogens is 2. The summed E-state index contributed by atoms with van der Waals surface area (Å²) in [6.07, 6.45) is 0. The highest BCUT2D eigenvalue weighted by atomic mass is 19.2. The van der Waals surface area contributed by atoms with Gasteiger partial charge in [0.1, 0.15) is 5.41 Å². The third-order valence-corrected chi connectivity index (χ3v) is 3.24. The van der Waals surface area contributed by atoms with Crippen molar-refractivity contribution >= 4 is 0 Å². The second-order valence-corrected chi connectivity index (χ2v) is 4.80. The van der Waals surface area contributed by atoms with Crippen LogP contribution in [0.15, 0.2) is 18.2 Å². The van der Waals surface area contributed by atoms with Crippen LogP contribution in [0.5, 0.6) is 0 Å². The first kappa shape index (κ1) is 12.9. The Labute approximate surface area is 105 Å². The van der Waals surface area contributed by atoms with Crippen molar-refractivity contribution in [2.24, 2.45) is 5.41 Å². The van der Waals surface area contributed by atoms with Crippen LogP contribution in [0.25, 0.3) is 0 Å². The van der Waals surface area contributed by atoms with Crippen LogP contribution in [0.4, 0.5) is 8.78 Å². The molecule has 1 aliphatic heterocycles. The summed E-state index contributed by atoms with van der Waals surface area (Å²) >= 11 is 0. The van der Waals surface area contributed by atoms with E-state index in [0.29, 0.717) is 18.8 Å². The summed E-state index contributed by atoms with van der Waals surface area (Å²) in [5.74, 6) is -1.78. The number of nitrogens with zero attached hydrogens (tertiary/aromatic N) is 2. The summed E-state index contributed by atoms with van der Waals surface area (Å²) < 4.78 is 31.4. The lowest BCUT2D eigenvalue weighted by Crippen LogP contribution is -2.50. The highest BCUT2D eigenvalue weighted by Crippen LogP contribution is 2.43. The second kappa shape index (κ2) is 4.63. The van der Waals surface area contributed by atoms with E-state index in [-0.39, 0.29) is 6.04 Å². The van der Waals surface area contributed by atoms with Crippen LogP contribution in [0.2, 0.25) is 0 Å². The minimum atomic E-state index is -0.896. The smallest absolute Gasteiger partial charge is 0.159 e. The van der Waals surface area contributed by atoms with Crippen LogP contribution in [0.1, 0.15) is 11.6 Å². The molecule has 1 heterocycles. The van der Waals surface area contributed by atoms with E-state index < -0.39 is 17.0 Å². The van der Waals surface area contributed by atoms with Crippen molar-refractivity contribution in [2.75, 3.05) is 27.3 Å². The van der Waals surface area contributed by atoms with Crippen LogP contribution < -0.4 is 0 Å². The van der Waals surface area contributed by atoms with Gasteiger partial charge >= 0.3 is 0 Å². The molecule has 3 nitrogen and oxygen atoms in total. The summed E-state index contributed by atoms with van der Waals surface area (Å²) in [5, 5.41) is 9.32. The molecule has 0 spiro atoms. The van der Waals surface area contributed by atoms with E-state index in [1.165, 1.54) is 6.07 Å². The maximum Gasteiger partial charge on any atom is 0.159 e. The van der Waals surface area contributed by atoms with Gasteiger partial charge in [0.15, 0.2) is 11.6 Å². The summed E-state index contributed by atoms with van der Waals surface area (Å²) in [6.45, 7) is 0.622. The van der Waals surface area contributed by atoms with Crippen LogP contribution in [-0.2, 0) is 4.74 Å². The fourth-order valence-corrected chi connectivity index (χ4v) is 2.40. The number of rotatable bonds is 3. The van der Waals surface area contributed by atoms with Crippen molar-refractivity contribution < 1.29 is 13.5 Å². The highest BCUT2D eigenvalue weighted by Gasteiger charge is 2.48. The first-order valence-electron chi connectivity index (χ1n) is 5.60. The SMILES string of the molecule is CN(C)C(c1ccc(F)c(F)c1)C1(C#N)COC1. The molecular formula is C13H14F2N2O. The molecule has 1 saturated heterocycles. The maximum absolute atomic E-state index is 13.3. The van der Waals surface area contributed by atoms with E-state index in [2.05, 4.69) is 6.07 Å². The quantitative estimate of drug-likeness (QED) is 0.826. The Morgan fingerprint density at radius 1 is 1.33 bits per heavy atom. The molecule has 1 atom stereocenters. The molecular weight excluding hydrogens is 238 g/mol. The Morgan fingerprint density at radius 2 is 2.00 bits per heavy atom. The molecule has 0 N–H and O–H groups in total. The molecule has 0 aromatic heterocycles. The van der Waals surface area contributed by atoms with Gasteiger partial charge in [0.2, 0.25) is 0 Å². The Bertz CT molecular complexity index is 492. The number of hydrogen-bond donors (Lipinski definition) is 0. The Morgan fingerprint density at radius 3 is 2.39 bits per heavy atom. The van der Waals surface area contributed by atoms with Crippen LogP contribution in [0, 0.1) is 28.4 Å². The lowest BCUT2D eigenvalue weighted by Gasteiger charge is -2.44. The fourth-order valence-electron chi connectivity index (χ4n) is 2.40. The van der Waals surface area contributed by atoms with E-state index in [9.17, 15) is 14.0 Å². The number of benzene rings is 1. The molecule has 1 unspecified atom stereocenters. The lowest BCUT2D eigenvalue weighted by atomic mass is 9.76. The molecule has 0 saturated carbocycles. The third kappa shape index (κ3) is 1.98. The zero-order valence-corrected chi connectivity index (χ0v) is 10.3. The van der Waals surface area contributed by atoms with Gasteiger partial charge in [-0.05, 0) is 31.8 Å². The summed E-state index contributed by atoms with van der Waals surface area (Å²) in [5.41, 5.74) is -0.0999. The molecule has 0 radical (unpaired) electrons. The molecule has 0 aliphatic carbocycles. The molecule has 18 heavy (non-hydrogen) atoms. The van der Waals surface area contributed by atoms with Crippen LogP contribution in [0.3, 0.4) is 0 Å². The molecule has 0 amide bonds. The zero-order chi connectivity index (χ0) is 13.3. The van der Waals surface area contributed by atoms with Gasteiger partial charge in [0, 0.05) is 0 Å². The van der Waals surface area contributed by atoms with Crippen molar-refractivity contribution in [3.8, 4) is 6.07 Å². The predicted octanol–water partition coefficient (Wildman–Crippen LogP) is 2.11. The second-order valence-electron chi connectivity index (χ2n) is 4.80. The first-order valence-corrected chi connectivity index (χ1v) is 5.60. The average molecular weight is 252 g/mol. The fraction of sp³-hybridized carbons (Fsp3) is 0.462. The molecule has 5 heteroatoms. The zero-order valence-electron chi connectivity index (χ0n) is 10.3. The topological polar surface area (TPSA) is 36.3 Å². The minimum Gasteiger partial charge on any atom is -0.378 e. The molecule has 1 aromatic rings. The molecule has 2 rings (SSSR count). The predicted molar refractivity (Wildman–Crippen MR) is 61.7 cm³/mol. The summed E-state index contributed by atoms with van der Waals surface area (Å²) in [4.78, 5) is 1.83. The van der Waals surface area contributed by atoms with Gasteiger partial charge in [-0.3, -0.25) is 0 Å². The maximum atomic E-state index is 13.3. The average Bonchev–Trinajstić information content (AvgIpc) is 2.27. The monoisotopic (exact) mass is 252 g/mol. The Hall–Kier alpha value is -1.51. The number of hydrogen-bond acceptors (Lipinski definition) is 3. The van der Waals surface area contributed by atoms with E-state index in [4.69, 9.17) is 4.74 Å². The summed E-state index contributed by atoms with van der Waals surface area (Å²) in [7, 11) is 3.62. The van der Waals surface area contributed by atoms with Gasteiger partial charge in [-0.2, -0.15) is 5.26 Å². The van der Waals surface area contributed by atoms with Gasteiger partial charge in [-0.15, -0.1) is 0 Å². The largest absolute Gasteiger partial charge is 0.378 e. The van der Waals surface area contributed by atoms with E-state index in [1.54, 1.807) is 0 Å². The van der Waals surface area contributed by atoms with E-state index >= 15 is 0 Å². The van der Waals surface area contributed by atoms with Crippen molar-refractivity contribution in [1.29, 1.82) is 5.26 Å². The van der Waals surface area contributed by atoms with Gasteiger partial charge in [0.05, 0.1) is 25.3 Å². The van der Waals surface area contributed by atoms with Crippen molar-refractivity contribution in [3.63, 3.8) is 0 Å². The van der Waals surface area contributed by atoms with Crippen LogP contribution in [-0.4, -0.2) is 32.2 Å². The molecule has 96 valence electrons. The highest BCUT2D eigenvalue weighted by molar-refractivity contribution is 5.27. The van der Waals surface area contributed by atoms with Gasteiger partial charge < -0.3 is 9.64 Å². The normalized spacial score (nSPS) is 19.1. The summed E-state index contributed by atoms with van der Waals surface area (Å²) in [6, 6.07) is 5.69. The number of nitriles is 1.